The minimum absolute atomic E-state index is 0.0414. The Balaban J connectivity index is 1.80. The van der Waals surface area contributed by atoms with Gasteiger partial charge in [-0.05, 0) is 12.8 Å². The number of amides is 2. The molecule has 1 aliphatic heterocycles. The number of carboxylic acids is 1. The van der Waals surface area contributed by atoms with E-state index >= 15 is 0 Å². The fraction of sp³-hybridized carbons (Fsp3) is 0.727. The third kappa shape index (κ3) is 2.57. The van der Waals surface area contributed by atoms with Crippen LogP contribution in [0.2, 0.25) is 0 Å². The Bertz CT molecular complexity index is 368. The second kappa shape index (κ2) is 4.35. The summed E-state index contributed by atoms with van der Waals surface area (Å²) in [4.78, 5) is 35.2. The molecule has 1 heterocycles. The Morgan fingerprint density at radius 3 is 2.65 bits per heavy atom. The average Bonchev–Trinajstić information content (AvgIpc) is 3.03. The lowest BCUT2D eigenvalue weighted by Gasteiger charge is -2.30. The first kappa shape index (κ1) is 11.9. The summed E-state index contributed by atoms with van der Waals surface area (Å²) >= 11 is 0. The third-order valence-electron chi connectivity index (χ3n) is 3.42. The Morgan fingerprint density at radius 1 is 1.41 bits per heavy atom. The molecule has 3 atom stereocenters. The number of aliphatic carboxylic acids is 1. The van der Waals surface area contributed by atoms with E-state index in [-0.39, 0.29) is 23.8 Å². The molecule has 2 amide bonds. The highest BCUT2D eigenvalue weighted by Crippen LogP contribution is 2.38. The van der Waals surface area contributed by atoms with Crippen LogP contribution in [0.1, 0.15) is 19.3 Å². The molecule has 1 saturated heterocycles. The van der Waals surface area contributed by atoms with Gasteiger partial charge in [0.15, 0.2) is 0 Å². The van der Waals surface area contributed by atoms with Gasteiger partial charge in [0.25, 0.3) is 0 Å². The molecule has 0 aromatic rings. The summed E-state index contributed by atoms with van der Waals surface area (Å²) < 4.78 is 0. The third-order valence-corrected chi connectivity index (χ3v) is 3.42. The summed E-state index contributed by atoms with van der Waals surface area (Å²) in [6.07, 6.45) is 1.51. The zero-order chi connectivity index (χ0) is 12.6. The smallest absolute Gasteiger partial charge is 0.307 e. The van der Waals surface area contributed by atoms with Gasteiger partial charge in [0.05, 0.1) is 11.8 Å². The standard InChI is InChI=1S/C11H16N2O4/c1-13-5-6(2-3-9(13)14)12-10(15)7-4-8(7)11(16)17/h6-8H,2-5H2,1H3,(H,12,15)(H,16,17)/t6?,7-,8+/m1/s1. The van der Waals surface area contributed by atoms with Gasteiger partial charge in [-0.25, -0.2) is 0 Å². The van der Waals surface area contributed by atoms with E-state index in [1.807, 2.05) is 0 Å². The van der Waals surface area contributed by atoms with Gasteiger partial charge in [0, 0.05) is 26.1 Å². The van der Waals surface area contributed by atoms with Crippen molar-refractivity contribution in [3.8, 4) is 0 Å². The molecule has 0 spiro atoms. The molecule has 0 aromatic carbocycles. The summed E-state index contributed by atoms with van der Waals surface area (Å²) in [5, 5.41) is 11.5. The first-order valence-electron chi connectivity index (χ1n) is 5.76. The topological polar surface area (TPSA) is 86.7 Å². The first-order valence-corrected chi connectivity index (χ1v) is 5.76. The molecule has 1 unspecified atom stereocenters. The minimum Gasteiger partial charge on any atom is -0.481 e. The summed E-state index contributed by atoms with van der Waals surface area (Å²) in [5.41, 5.74) is 0. The normalized spacial score (nSPS) is 32.2. The molecule has 2 aliphatic rings. The van der Waals surface area contributed by atoms with Gasteiger partial charge in [0.2, 0.25) is 11.8 Å². The number of nitrogens with zero attached hydrogens (tertiary/aromatic N) is 1. The predicted molar refractivity (Wildman–Crippen MR) is 58.0 cm³/mol. The van der Waals surface area contributed by atoms with Crippen molar-refractivity contribution in [2.45, 2.75) is 25.3 Å². The number of nitrogens with one attached hydrogen (secondary N) is 1. The largest absolute Gasteiger partial charge is 0.481 e. The summed E-state index contributed by atoms with van der Waals surface area (Å²) in [6, 6.07) is -0.0414. The van der Waals surface area contributed by atoms with Crippen molar-refractivity contribution in [1.82, 2.24) is 10.2 Å². The highest BCUT2D eigenvalue weighted by Gasteiger charge is 2.48. The van der Waals surface area contributed by atoms with Crippen molar-refractivity contribution in [2.24, 2.45) is 11.8 Å². The molecular formula is C11H16N2O4. The number of carbonyl (C=O) groups excluding carboxylic acids is 2. The van der Waals surface area contributed by atoms with Crippen LogP contribution in [0.4, 0.5) is 0 Å². The molecule has 17 heavy (non-hydrogen) atoms. The summed E-state index contributed by atoms with van der Waals surface area (Å²) in [5.74, 6) is -1.90. The zero-order valence-electron chi connectivity index (χ0n) is 9.68. The van der Waals surface area contributed by atoms with Crippen molar-refractivity contribution in [1.29, 1.82) is 0 Å². The lowest BCUT2D eigenvalue weighted by atomic mass is 10.1. The van der Waals surface area contributed by atoms with E-state index in [9.17, 15) is 14.4 Å². The number of carbonyl (C=O) groups is 3. The monoisotopic (exact) mass is 240 g/mol. The van der Waals surface area contributed by atoms with E-state index < -0.39 is 11.9 Å². The van der Waals surface area contributed by atoms with Gasteiger partial charge in [-0.3, -0.25) is 14.4 Å². The fourth-order valence-electron chi connectivity index (χ4n) is 2.20. The zero-order valence-corrected chi connectivity index (χ0v) is 9.68. The van der Waals surface area contributed by atoms with Gasteiger partial charge in [-0.15, -0.1) is 0 Å². The van der Waals surface area contributed by atoms with E-state index in [1.54, 1.807) is 11.9 Å². The van der Waals surface area contributed by atoms with Crippen LogP contribution in [-0.2, 0) is 14.4 Å². The molecule has 1 saturated carbocycles. The van der Waals surface area contributed by atoms with Crippen molar-refractivity contribution in [3.05, 3.63) is 0 Å². The maximum Gasteiger partial charge on any atom is 0.307 e. The van der Waals surface area contributed by atoms with Gasteiger partial charge < -0.3 is 15.3 Å². The van der Waals surface area contributed by atoms with E-state index in [2.05, 4.69) is 5.32 Å². The maximum atomic E-state index is 11.7. The van der Waals surface area contributed by atoms with Gasteiger partial charge in [-0.2, -0.15) is 0 Å². The van der Waals surface area contributed by atoms with Gasteiger partial charge >= 0.3 is 5.97 Å². The lowest BCUT2D eigenvalue weighted by Crippen LogP contribution is -2.49. The van der Waals surface area contributed by atoms with E-state index in [1.165, 1.54) is 0 Å². The Kier molecular flexibility index (Phi) is 3.04. The van der Waals surface area contributed by atoms with E-state index in [4.69, 9.17) is 5.11 Å². The molecule has 0 radical (unpaired) electrons. The predicted octanol–water partition coefficient (Wildman–Crippen LogP) is -0.556. The molecule has 6 nitrogen and oxygen atoms in total. The van der Waals surface area contributed by atoms with Crippen molar-refractivity contribution >= 4 is 17.8 Å². The maximum absolute atomic E-state index is 11.7. The van der Waals surface area contributed by atoms with E-state index in [0.717, 1.165) is 0 Å². The number of piperidine rings is 1. The van der Waals surface area contributed by atoms with Crippen LogP contribution >= 0.6 is 0 Å². The highest BCUT2D eigenvalue weighted by atomic mass is 16.4. The molecule has 2 fully saturated rings. The number of rotatable bonds is 3. The number of carboxylic acid groups (broad SMARTS) is 1. The highest BCUT2D eigenvalue weighted by molar-refractivity contribution is 5.89. The fourth-order valence-corrected chi connectivity index (χ4v) is 2.20. The summed E-state index contributed by atoms with van der Waals surface area (Å²) in [7, 11) is 1.71. The van der Waals surface area contributed by atoms with Gasteiger partial charge in [-0.1, -0.05) is 0 Å². The van der Waals surface area contributed by atoms with Crippen LogP contribution in [0.15, 0.2) is 0 Å². The van der Waals surface area contributed by atoms with Crippen molar-refractivity contribution in [3.63, 3.8) is 0 Å². The van der Waals surface area contributed by atoms with Crippen LogP contribution in [0.5, 0.6) is 0 Å². The number of likely N-dealkylation sites (tertiary alicyclic amines) is 1. The van der Waals surface area contributed by atoms with Crippen LogP contribution in [0, 0.1) is 11.8 Å². The molecule has 2 N–H and O–H groups in total. The SMILES string of the molecule is CN1CC(NC(=O)[C@@H]2C[C@@H]2C(=O)O)CCC1=O. The van der Waals surface area contributed by atoms with Gasteiger partial charge in [0.1, 0.15) is 0 Å². The molecule has 0 aromatic heterocycles. The molecule has 6 heteroatoms. The van der Waals surface area contributed by atoms with Crippen LogP contribution in [0.25, 0.3) is 0 Å². The summed E-state index contributed by atoms with van der Waals surface area (Å²) in [6.45, 7) is 0.509. The quantitative estimate of drug-likeness (QED) is 0.692. The molecule has 0 bridgehead atoms. The molecule has 1 aliphatic carbocycles. The lowest BCUT2D eigenvalue weighted by molar-refractivity contribution is -0.140. The number of hydrogen-bond acceptors (Lipinski definition) is 3. The Labute approximate surface area is 99.0 Å². The van der Waals surface area contributed by atoms with Crippen molar-refractivity contribution in [2.75, 3.05) is 13.6 Å². The Morgan fingerprint density at radius 2 is 2.12 bits per heavy atom. The molecule has 94 valence electrons. The van der Waals surface area contributed by atoms with Crippen LogP contribution in [0.3, 0.4) is 0 Å². The van der Waals surface area contributed by atoms with Crippen molar-refractivity contribution < 1.29 is 19.5 Å². The minimum atomic E-state index is -0.902. The molecule has 2 rings (SSSR count). The number of hydrogen-bond donors (Lipinski definition) is 2. The second-order valence-corrected chi connectivity index (χ2v) is 4.81. The van der Waals surface area contributed by atoms with Crippen LogP contribution < -0.4 is 5.32 Å². The first-order chi connectivity index (χ1) is 7.99. The average molecular weight is 240 g/mol. The second-order valence-electron chi connectivity index (χ2n) is 4.81. The molecular weight excluding hydrogens is 224 g/mol. The number of likely N-dealkylation sites (N-methyl/N-ethyl adjacent to an activating group) is 1. The van der Waals surface area contributed by atoms with Crippen LogP contribution in [-0.4, -0.2) is 47.4 Å². The van der Waals surface area contributed by atoms with E-state index in [0.29, 0.717) is 25.8 Å². The Hall–Kier alpha value is -1.59.